The molecule has 9 heteroatoms. The summed E-state index contributed by atoms with van der Waals surface area (Å²) in [6.07, 6.45) is 0. The summed E-state index contributed by atoms with van der Waals surface area (Å²) in [6.45, 7) is 1.98. The van der Waals surface area contributed by atoms with Crippen LogP contribution in [0, 0.1) is 6.92 Å². The highest BCUT2D eigenvalue weighted by molar-refractivity contribution is 7.80. The van der Waals surface area contributed by atoms with E-state index in [0.29, 0.717) is 38.3 Å². The monoisotopic (exact) mass is 489 g/mol. The Kier molecular flexibility index (Phi) is 6.16. The average molecular weight is 491 g/mol. The van der Waals surface area contributed by atoms with Gasteiger partial charge in [0.1, 0.15) is 5.52 Å². The van der Waals surface area contributed by atoms with Gasteiger partial charge in [-0.15, -0.1) is 0 Å². The van der Waals surface area contributed by atoms with Gasteiger partial charge in [-0.1, -0.05) is 40.9 Å². The van der Waals surface area contributed by atoms with Crippen LogP contribution in [0.2, 0.25) is 15.1 Å². The van der Waals surface area contributed by atoms with E-state index < -0.39 is 5.91 Å². The molecule has 0 saturated carbocycles. The second kappa shape index (κ2) is 8.85. The molecule has 3 aromatic carbocycles. The molecule has 1 aromatic heterocycles. The third-order valence-corrected chi connectivity index (χ3v) is 5.68. The van der Waals surface area contributed by atoms with Crippen molar-refractivity contribution in [1.29, 1.82) is 0 Å². The quantitative estimate of drug-likeness (QED) is 0.306. The predicted molar refractivity (Wildman–Crippen MR) is 129 cm³/mol. The third kappa shape index (κ3) is 4.83. The molecule has 0 fully saturated rings. The first kappa shape index (κ1) is 21.6. The van der Waals surface area contributed by atoms with Gasteiger partial charge in [0.2, 0.25) is 5.89 Å². The van der Waals surface area contributed by atoms with Crippen LogP contribution in [0.25, 0.3) is 22.6 Å². The van der Waals surface area contributed by atoms with E-state index in [4.69, 9.17) is 51.4 Å². The van der Waals surface area contributed by atoms with Gasteiger partial charge in [-0.2, -0.15) is 0 Å². The molecule has 0 unspecified atom stereocenters. The molecule has 4 rings (SSSR count). The lowest BCUT2D eigenvalue weighted by molar-refractivity contribution is 0.0977. The molecule has 2 N–H and O–H groups in total. The number of aromatic nitrogens is 1. The van der Waals surface area contributed by atoms with Gasteiger partial charge in [0.05, 0.1) is 20.6 Å². The Balaban J connectivity index is 1.53. The number of anilines is 1. The molecule has 0 atom stereocenters. The number of amides is 1. The first-order chi connectivity index (χ1) is 14.8. The van der Waals surface area contributed by atoms with E-state index in [9.17, 15) is 4.79 Å². The van der Waals surface area contributed by atoms with E-state index in [-0.39, 0.29) is 10.1 Å². The van der Waals surface area contributed by atoms with Gasteiger partial charge in [0.25, 0.3) is 5.91 Å². The Labute approximate surface area is 198 Å². The summed E-state index contributed by atoms with van der Waals surface area (Å²) in [5.74, 6) is -0.0282. The predicted octanol–water partition coefficient (Wildman–Crippen LogP) is 6.89. The van der Waals surface area contributed by atoms with Crippen LogP contribution < -0.4 is 10.6 Å². The van der Waals surface area contributed by atoms with Crippen molar-refractivity contribution in [3.05, 3.63) is 80.8 Å². The summed E-state index contributed by atoms with van der Waals surface area (Å²) in [4.78, 5) is 16.9. The molecule has 0 radical (unpaired) electrons. The minimum Gasteiger partial charge on any atom is -0.436 e. The number of nitrogens with zero attached hydrogens (tertiary/aromatic N) is 1. The van der Waals surface area contributed by atoms with Crippen molar-refractivity contribution in [1.82, 2.24) is 10.3 Å². The van der Waals surface area contributed by atoms with E-state index in [1.54, 1.807) is 30.3 Å². The van der Waals surface area contributed by atoms with E-state index in [0.717, 1.165) is 11.1 Å². The van der Waals surface area contributed by atoms with Crippen LogP contribution in [-0.2, 0) is 0 Å². The molecular formula is C22H14Cl3N3O2S. The van der Waals surface area contributed by atoms with Crippen LogP contribution >= 0.6 is 47.0 Å². The largest absolute Gasteiger partial charge is 0.436 e. The van der Waals surface area contributed by atoms with Crippen molar-refractivity contribution in [3.63, 3.8) is 0 Å². The average Bonchev–Trinajstić information content (AvgIpc) is 3.14. The van der Waals surface area contributed by atoms with Crippen molar-refractivity contribution in [2.24, 2.45) is 0 Å². The topological polar surface area (TPSA) is 67.2 Å². The Morgan fingerprint density at radius 3 is 2.52 bits per heavy atom. The fourth-order valence-electron chi connectivity index (χ4n) is 2.89. The second-order valence-electron chi connectivity index (χ2n) is 6.72. The molecule has 1 heterocycles. The van der Waals surface area contributed by atoms with Crippen molar-refractivity contribution in [2.75, 3.05) is 5.32 Å². The molecule has 0 aliphatic heterocycles. The molecule has 4 aromatic rings. The number of rotatable bonds is 3. The Bertz CT molecular complexity index is 1340. The van der Waals surface area contributed by atoms with E-state index in [2.05, 4.69) is 15.6 Å². The van der Waals surface area contributed by atoms with Crippen LogP contribution in [0.5, 0.6) is 0 Å². The number of fused-ring (bicyclic) bond motifs is 1. The highest BCUT2D eigenvalue weighted by Gasteiger charge is 2.14. The summed E-state index contributed by atoms with van der Waals surface area (Å²) in [5.41, 5.74) is 4.02. The molecule has 156 valence electrons. The number of hydrogen-bond donors (Lipinski definition) is 2. The molecular weight excluding hydrogens is 477 g/mol. The maximum atomic E-state index is 12.4. The van der Waals surface area contributed by atoms with Gasteiger partial charge in [-0.05, 0) is 73.2 Å². The van der Waals surface area contributed by atoms with Crippen LogP contribution in [0.3, 0.4) is 0 Å². The minimum absolute atomic E-state index is 0.109. The van der Waals surface area contributed by atoms with Gasteiger partial charge in [0, 0.05) is 11.3 Å². The highest BCUT2D eigenvalue weighted by atomic mass is 35.5. The summed E-state index contributed by atoms with van der Waals surface area (Å²) in [7, 11) is 0. The first-order valence-electron chi connectivity index (χ1n) is 9.04. The van der Waals surface area contributed by atoms with Gasteiger partial charge >= 0.3 is 0 Å². The van der Waals surface area contributed by atoms with Crippen LogP contribution in [-0.4, -0.2) is 16.0 Å². The van der Waals surface area contributed by atoms with Crippen molar-refractivity contribution < 1.29 is 9.21 Å². The molecule has 0 bridgehead atoms. The Morgan fingerprint density at radius 1 is 0.968 bits per heavy atom. The number of carbonyl (C=O) groups excluding carboxylic acids is 1. The lowest BCUT2D eigenvalue weighted by atomic mass is 10.2. The number of carbonyl (C=O) groups is 1. The number of hydrogen-bond acceptors (Lipinski definition) is 4. The zero-order chi connectivity index (χ0) is 22.1. The number of oxazole rings is 1. The Morgan fingerprint density at radius 2 is 1.74 bits per heavy atom. The van der Waals surface area contributed by atoms with Gasteiger partial charge in [0.15, 0.2) is 10.7 Å². The molecule has 0 aliphatic carbocycles. The van der Waals surface area contributed by atoms with Gasteiger partial charge in [-0.25, -0.2) is 4.98 Å². The standard InChI is InChI=1S/C22H14Cl3N3O2S/c1-11-2-7-18-19(8-11)30-21(27-18)14-10-13(4-6-15(14)23)26-22(31)28-20(29)12-3-5-16(24)17(25)9-12/h2-10H,1H3,(H2,26,28,29,31). The number of aryl methyl sites for hydroxylation is 1. The smallest absolute Gasteiger partial charge is 0.257 e. The number of benzene rings is 3. The molecule has 0 spiro atoms. The summed E-state index contributed by atoms with van der Waals surface area (Å²) in [5, 5.41) is 6.79. The minimum atomic E-state index is -0.417. The summed E-state index contributed by atoms with van der Waals surface area (Å²) < 4.78 is 5.87. The molecule has 5 nitrogen and oxygen atoms in total. The Hall–Kier alpha value is -2.64. The highest BCUT2D eigenvalue weighted by Crippen LogP contribution is 2.32. The lowest BCUT2D eigenvalue weighted by Crippen LogP contribution is -2.34. The van der Waals surface area contributed by atoms with Crippen molar-refractivity contribution >= 4 is 74.8 Å². The van der Waals surface area contributed by atoms with E-state index in [1.807, 2.05) is 25.1 Å². The van der Waals surface area contributed by atoms with E-state index in [1.165, 1.54) is 6.07 Å². The normalized spacial score (nSPS) is 10.8. The third-order valence-electron chi connectivity index (χ3n) is 4.41. The summed E-state index contributed by atoms with van der Waals surface area (Å²) >= 11 is 23.5. The number of thiocarbonyl (C=S) groups is 1. The van der Waals surface area contributed by atoms with Crippen molar-refractivity contribution in [2.45, 2.75) is 6.92 Å². The molecule has 31 heavy (non-hydrogen) atoms. The van der Waals surface area contributed by atoms with Gasteiger partial charge < -0.3 is 9.73 Å². The number of halogens is 3. The van der Waals surface area contributed by atoms with Crippen LogP contribution in [0.15, 0.2) is 59.0 Å². The number of nitrogens with one attached hydrogen (secondary N) is 2. The zero-order valence-electron chi connectivity index (χ0n) is 16.0. The van der Waals surface area contributed by atoms with Gasteiger partial charge in [-0.3, -0.25) is 10.1 Å². The van der Waals surface area contributed by atoms with Crippen LogP contribution in [0.1, 0.15) is 15.9 Å². The fraction of sp³-hybridized carbons (Fsp3) is 0.0455. The zero-order valence-corrected chi connectivity index (χ0v) is 19.1. The lowest BCUT2D eigenvalue weighted by Gasteiger charge is -2.11. The second-order valence-corrected chi connectivity index (χ2v) is 8.35. The molecule has 1 amide bonds. The SMILES string of the molecule is Cc1ccc2nc(-c3cc(NC(=S)NC(=O)c4ccc(Cl)c(Cl)c4)ccc3Cl)oc2c1. The van der Waals surface area contributed by atoms with E-state index >= 15 is 0 Å². The maximum Gasteiger partial charge on any atom is 0.257 e. The first-order valence-corrected chi connectivity index (χ1v) is 10.6. The maximum absolute atomic E-state index is 12.4. The fourth-order valence-corrected chi connectivity index (χ4v) is 3.60. The summed E-state index contributed by atoms with van der Waals surface area (Å²) in [6, 6.07) is 15.5. The van der Waals surface area contributed by atoms with Crippen molar-refractivity contribution in [3.8, 4) is 11.5 Å². The molecule has 0 aliphatic rings. The van der Waals surface area contributed by atoms with Crippen LogP contribution in [0.4, 0.5) is 5.69 Å². The molecule has 0 saturated heterocycles.